The van der Waals surface area contributed by atoms with Crippen LogP contribution in [0.4, 0.5) is 0 Å². The zero-order valence-corrected chi connectivity index (χ0v) is 12.4. The van der Waals surface area contributed by atoms with Gasteiger partial charge in [-0.05, 0) is 48.9 Å². The number of nitrogens with zero attached hydrogens (tertiary/aromatic N) is 1. The smallest absolute Gasteiger partial charge is 0.0954 e. The van der Waals surface area contributed by atoms with E-state index in [4.69, 9.17) is 10.5 Å². The van der Waals surface area contributed by atoms with E-state index in [0.29, 0.717) is 11.8 Å². The monoisotopic (exact) mass is 274 g/mol. The molecule has 3 atom stereocenters. The third-order valence-corrected chi connectivity index (χ3v) is 4.99. The van der Waals surface area contributed by atoms with Crippen molar-refractivity contribution in [2.75, 3.05) is 32.8 Å². The van der Waals surface area contributed by atoms with Gasteiger partial charge in [0.1, 0.15) is 0 Å². The highest BCUT2D eigenvalue weighted by Gasteiger charge is 2.28. The van der Waals surface area contributed by atoms with Crippen molar-refractivity contribution in [2.45, 2.75) is 25.9 Å². The van der Waals surface area contributed by atoms with Crippen molar-refractivity contribution >= 4 is 0 Å². The second-order valence-electron chi connectivity index (χ2n) is 6.33. The van der Waals surface area contributed by atoms with Gasteiger partial charge in [-0.3, -0.25) is 0 Å². The summed E-state index contributed by atoms with van der Waals surface area (Å²) < 4.78 is 6.03. The molecule has 3 unspecified atom stereocenters. The average Bonchev–Trinajstić information content (AvgIpc) is 2.48. The molecule has 0 radical (unpaired) electrons. The summed E-state index contributed by atoms with van der Waals surface area (Å²) in [7, 11) is 0. The van der Waals surface area contributed by atoms with Crippen LogP contribution in [0.25, 0.3) is 0 Å². The summed E-state index contributed by atoms with van der Waals surface area (Å²) in [5, 5.41) is 0. The fraction of sp³-hybridized carbons (Fsp3) is 0.647. The normalized spacial score (nSPS) is 31.0. The molecular formula is C17H26N2O. The average molecular weight is 274 g/mol. The van der Waals surface area contributed by atoms with Crippen LogP contribution < -0.4 is 5.73 Å². The van der Waals surface area contributed by atoms with Gasteiger partial charge in [-0.2, -0.15) is 0 Å². The summed E-state index contributed by atoms with van der Waals surface area (Å²) in [6.07, 6.45) is 2.53. The van der Waals surface area contributed by atoms with Crippen LogP contribution in [0.1, 0.15) is 30.6 Å². The molecule has 3 nitrogen and oxygen atoms in total. The van der Waals surface area contributed by atoms with Crippen molar-refractivity contribution < 1.29 is 4.74 Å². The standard InChI is InChI=1S/C17H26N2O/c1-13-11-19(8-6-15(13)10-18)12-17-16-5-3-2-4-14(16)7-9-20-17/h2-5,13,15,17H,6-12,18H2,1H3. The highest BCUT2D eigenvalue weighted by molar-refractivity contribution is 5.31. The Hall–Kier alpha value is -0.900. The van der Waals surface area contributed by atoms with Crippen LogP contribution in [0, 0.1) is 11.8 Å². The van der Waals surface area contributed by atoms with Crippen LogP contribution in [0.5, 0.6) is 0 Å². The van der Waals surface area contributed by atoms with Crippen LogP contribution >= 0.6 is 0 Å². The number of hydrogen-bond acceptors (Lipinski definition) is 3. The van der Waals surface area contributed by atoms with E-state index in [-0.39, 0.29) is 6.10 Å². The van der Waals surface area contributed by atoms with Crippen LogP contribution in [-0.4, -0.2) is 37.7 Å². The molecule has 2 heterocycles. The number of hydrogen-bond donors (Lipinski definition) is 1. The largest absolute Gasteiger partial charge is 0.372 e. The van der Waals surface area contributed by atoms with E-state index in [2.05, 4.69) is 36.1 Å². The van der Waals surface area contributed by atoms with Gasteiger partial charge in [-0.1, -0.05) is 31.2 Å². The Labute approximate surface area is 122 Å². The molecule has 1 aromatic carbocycles. The molecule has 20 heavy (non-hydrogen) atoms. The Kier molecular flexibility index (Phi) is 4.39. The predicted molar refractivity (Wildman–Crippen MR) is 81.6 cm³/mol. The fourth-order valence-electron chi connectivity index (χ4n) is 3.66. The lowest BCUT2D eigenvalue weighted by Crippen LogP contribution is -2.44. The highest BCUT2D eigenvalue weighted by Crippen LogP contribution is 2.30. The predicted octanol–water partition coefficient (Wildman–Crippen LogP) is 2.22. The van der Waals surface area contributed by atoms with Gasteiger partial charge in [0.25, 0.3) is 0 Å². The molecular weight excluding hydrogens is 248 g/mol. The number of fused-ring (bicyclic) bond motifs is 1. The van der Waals surface area contributed by atoms with Crippen LogP contribution in [0.3, 0.4) is 0 Å². The molecule has 2 N–H and O–H groups in total. The second-order valence-corrected chi connectivity index (χ2v) is 6.33. The van der Waals surface area contributed by atoms with E-state index in [0.717, 1.165) is 39.2 Å². The SMILES string of the molecule is CC1CN(CC2OCCc3ccccc32)CCC1CN. The van der Waals surface area contributed by atoms with Gasteiger partial charge >= 0.3 is 0 Å². The van der Waals surface area contributed by atoms with Crippen LogP contribution in [0.2, 0.25) is 0 Å². The third-order valence-electron chi connectivity index (χ3n) is 4.99. The van der Waals surface area contributed by atoms with E-state index in [1.165, 1.54) is 17.5 Å². The molecule has 0 aromatic heterocycles. The van der Waals surface area contributed by atoms with Crippen molar-refractivity contribution in [2.24, 2.45) is 17.6 Å². The molecule has 1 aromatic rings. The van der Waals surface area contributed by atoms with Gasteiger partial charge in [-0.25, -0.2) is 0 Å². The minimum absolute atomic E-state index is 0.251. The van der Waals surface area contributed by atoms with Crippen molar-refractivity contribution in [1.29, 1.82) is 0 Å². The zero-order valence-electron chi connectivity index (χ0n) is 12.4. The van der Waals surface area contributed by atoms with Gasteiger partial charge in [0.05, 0.1) is 12.7 Å². The lowest BCUT2D eigenvalue weighted by atomic mass is 9.86. The van der Waals surface area contributed by atoms with E-state index < -0.39 is 0 Å². The summed E-state index contributed by atoms with van der Waals surface area (Å²) in [6, 6.07) is 8.74. The molecule has 0 spiro atoms. The molecule has 0 saturated carbocycles. The first-order valence-electron chi connectivity index (χ1n) is 7.89. The van der Waals surface area contributed by atoms with Crippen LogP contribution in [-0.2, 0) is 11.2 Å². The first-order chi connectivity index (χ1) is 9.78. The van der Waals surface area contributed by atoms with Gasteiger partial charge in [0.15, 0.2) is 0 Å². The Balaban J connectivity index is 1.65. The van der Waals surface area contributed by atoms with E-state index in [9.17, 15) is 0 Å². The van der Waals surface area contributed by atoms with Crippen molar-refractivity contribution in [3.63, 3.8) is 0 Å². The van der Waals surface area contributed by atoms with E-state index in [1.807, 2.05) is 0 Å². The quantitative estimate of drug-likeness (QED) is 0.918. The highest BCUT2D eigenvalue weighted by atomic mass is 16.5. The molecule has 2 aliphatic rings. The summed E-state index contributed by atoms with van der Waals surface area (Å²) in [6.45, 7) is 7.37. The molecule has 3 heteroatoms. The number of piperidine rings is 1. The Bertz CT molecular complexity index is 448. The van der Waals surface area contributed by atoms with E-state index in [1.54, 1.807) is 0 Å². The fourth-order valence-corrected chi connectivity index (χ4v) is 3.66. The van der Waals surface area contributed by atoms with Crippen molar-refractivity contribution in [3.8, 4) is 0 Å². The Morgan fingerprint density at radius 3 is 3.00 bits per heavy atom. The lowest BCUT2D eigenvalue weighted by molar-refractivity contribution is 0.00187. The van der Waals surface area contributed by atoms with Gasteiger partial charge < -0.3 is 15.4 Å². The molecule has 0 amide bonds. The topological polar surface area (TPSA) is 38.5 Å². The minimum atomic E-state index is 0.251. The number of rotatable bonds is 3. The molecule has 1 fully saturated rings. The van der Waals surface area contributed by atoms with Gasteiger partial charge in [-0.15, -0.1) is 0 Å². The van der Waals surface area contributed by atoms with E-state index >= 15 is 0 Å². The molecule has 0 aliphatic carbocycles. The first kappa shape index (κ1) is 14.1. The third kappa shape index (κ3) is 2.90. The molecule has 3 rings (SSSR count). The van der Waals surface area contributed by atoms with Crippen LogP contribution in [0.15, 0.2) is 24.3 Å². The zero-order chi connectivity index (χ0) is 13.9. The maximum absolute atomic E-state index is 6.03. The van der Waals surface area contributed by atoms with Gasteiger partial charge in [0, 0.05) is 13.1 Å². The second kappa shape index (κ2) is 6.25. The first-order valence-corrected chi connectivity index (χ1v) is 7.89. The Morgan fingerprint density at radius 2 is 2.20 bits per heavy atom. The lowest BCUT2D eigenvalue weighted by Gasteiger charge is -2.39. The molecule has 2 aliphatic heterocycles. The maximum Gasteiger partial charge on any atom is 0.0954 e. The summed E-state index contributed by atoms with van der Waals surface area (Å²) in [4.78, 5) is 2.56. The summed E-state index contributed by atoms with van der Waals surface area (Å²) in [5.41, 5.74) is 8.71. The number of likely N-dealkylation sites (tertiary alicyclic amines) is 1. The molecule has 1 saturated heterocycles. The number of ether oxygens (including phenoxy) is 1. The number of nitrogens with two attached hydrogens (primary N) is 1. The maximum atomic E-state index is 6.03. The number of benzene rings is 1. The molecule has 110 valence electrons. The Morgan fingerprint density at radius 1 is 1.35 bits per heavy atom. The summed E-state index contributed by atoms with van der Waals surface area (Å²) >= 11 is 0. The van der Waals surface area contributed by atoms with Gasteiger partial charge in [0.2, 0.25) is 0 Å². The van der Waals surface area contributed by atoms with Crippen molar-refractivity contribution in [3.05, 3.63) is 35.4 Å². The van der Waals surface area contributed by atoms with Crippen molar-refractivity contribution in [1.82, 2.24) is 4.90 Å². The summed E-state index contributed by atoms with van der Waals surface area (Å²) in [5.74, 6) is 1.40. The minimum Gasteiger partial charge on any atom is -0.372 e. The molecule has 0 bridgehead atoms.